The lowest BCUT2D eigenvalue weighted by atomic mass is 10.1. The number of hydrogen-bond acceptors (Lipinski definition) is 3. The van der Waals surface area contributed by atoms with Gasteiger partial charge in [-0.1, -0.05) is 29.8 Å². The Labute approximate surface area is 143 Å². The highest BCUT2D eigenvalue weighted by Gasteiger charge is 2.15. The van der Waals surface area contributed by atoms with Crippen LogP contribution in [0.1, 0.15) is 12.5 Å². The van der Waals surface area contributed by atoms with Crippen LogP contribution in [0.5, 0.6) is 5.75 Å². The molecule has 1 atom stereocenters. The molecule has 126 valence electrons. The van der Waals surface area contributed by atoms with Gasteiger partial charge >= 0.3 is 0 Å². The van der Waals surface area contributed by atoms with Crippen LogP contribution in [0.25, 0.3) is 0 Å². The van der Waals surface area contributed by atoms with Crippen LogP contribution in [0, 0.1) is 5.82 Å². The Kier molecular flexibility index (Phi) is 6.14. The van der Waals surface area contributed by atoms with Crippen LogP contribution >= 0.6 is 11.6 Å². The van der Waals surface area contributed by atoms with Gasteiger partial charge in [0.15, 0.2) is 6.10 Å². The van der Waals surface area contributed by atoms with E-state index in [1.54, 1.807) is 31.2 Å². The largest absolute Gasteiger partial charge is 0.481 e. The fourth-order valence-electron chi connectivity index (χ4n) is 1.86. The molecule has 0 aliphatic carbocycles. The first-order valence-electron chi connectivity index (χ1n) is 7.19. The molecular weight excluding hydrogens is 335 g/mol. The van der Waals surface area contributed by atoms with Crippen molar-refractivity contribution in [3.05, 3.63) is 64.9 Å². The number of rotatable bonds is 5. The highest BCUT2D eigenvalue weighted by molar-refractivity contribution is 6.30. The van der Waals surface area contributed by atoms with Crippen LogP contribution in [0.4, 0.5) is 4.39 Å². The lowest BCUT2D eigenvalue weighted by Crippen LogP contribution is -2.47. The number of hydrogen-bond donors (Lipinski definition) is 2. The molecule has 2 amide bonds. The van der Waals surface area contributed by atoms with Crippen molar-refractivity contribution in [3.8, 4) is 5.75 Å². The molecule has 2 N–H and O–H groups in total. The minimum Gasteiger partial charge on any atom is -0.481 e. The van der Waals surface area contributed by atoms with Crippen molar-refractivity contribution in [3.63, 3.8) is 0 Å². The van der Waals surface area contributed by atoms with Crippen LogP contribution in [-0.2, 0) is 16.0 Å². The lowest BCUT2D eigenvalue weighted by molar-refractivity contribution is -0.132. The molecule has 0 spiro atoms. The maximum absolute atomic E-state index is 12.8. The van der Waals surface area contributed by atoms with E-state index < -0.39 is 17.9 Å². The Morgan fingerprint density at radius 3 is 2.54 bits per heavy atom. The van der Waals surface area contributed by atoms with Gasteiger partial charge in [-0.15, -0.1) is 0 Å². The molecule has 5 nitrogen and oxygen atoms in total. The van der Waals surface area contributed by atoms with Gasteiger partial charge in [0.2, 0.25) is 5.91 Å². The Balaban J connectivity index is 1.79. The SMILES string of the molecule is CC(Oc1cccc(Cl)c1)C(=O)NNC(=O)Cc1ccc(F)cc1. The molecule has 1 unspecified atom stereocenters. The van der Waals surface area contributed by atoms with Crippen molar-refractivity contribution in [2.45, 2.75) is 19.4 Å². The zero-order valence-electron chi connectivity index (χ0n) is 12.9. The number of amides is 2. The van der Waals surface area contributed by atoms with Gasteiger partial charge in [-0.3, -0.25) is 20.4 Å². The van der Waals surface area contributed by atoms with Crippen LogP contribution in [0.15, 0.2) is 48.5 Å². The predicted octanol–water partition coefficient (Wildman–Crippen LogP) is 2.64. The predicted molar refractivity (Wildman–Crippen MR) is 87.9 cm³/mol. The summed E-state index contributed by atoms with van der Waals surface area (Å²) in [5.74, 6) is -0.866. The highest BCUT2D eigenvalue weighted by atomic mass is 35.5. The van der Waals surface area contributed by atoms with Gasteiger partial charge in [-0.2, -0.15) is 0 Å². The third kappa shape index (κ3) is 5.55. The van der Waals surface area contributed by atoms with Crippen LogP contribution in [0.2, 0.25) is 5.02 Å². The summed E-state index contributed by atoms with van der Waals surface area (Å²) in [6.07, 6.45) is -0.807. The minimum absolute atomic E-state index is 0.0179. The number of ether oxygens (including phenoxy) is 1. The molecule has 24 heavy (non-hydrogen) atoms. The van der Waals surface area contributed by atoms with E-state index >= 15 is 0 Å². The van der Waals surface area contributed by atoms with E-state index in [4.69, 9.17) is 16.3 Å². The van der Waals surface area contributed by atoms with Gasteiger partial charge in [0, 0.05) is 5.02 Å². The zero-order valence-corrected chi connectivity index (χ0v) is 13.6. The quantitative estimate of drug-likeness (QED) is 0.815. The second-order valence-electron chi connectivity index (χ2n) is 5.06. The van der Waals surface area contributed by atoms with Gasteiger partial charge in [-0.25, -0.2) is 4.39 Å². The maximum Gasteiger partial charge on any atom is 0.279 e. The first-order chi connectivity index (χ1) is 11.4. The van der Waals surface area contributed by atoms with Gasteiger partial charge in [0.05, 0.1) is 6.42 Å². The summed E-state index contributed by atoms with van der Waals surface area (Å²) < 4.78 is 18.2. The number of carbonyl (C=O) groups is 2. The Bertz CT molecular complexity index is 722. The highest BCUT2D eigenvalue weighted by Crippen LogP contribution is 2.18. The number of carbonyl (C=O) groups excluding carboxylic acids is 2. The van der Waals surface area contributed by atoms with E-state index in [0.29, 0.717) is 16.3 Å². The van der Waals surface area contributed by atoms with Crippen molar-refractivity contribution < 1.29 is 18.7 Å². The van der Waals surface area contributed by atoms with Crippen molar-refractivity contribution in [2.75, 3.05) is 0 Å². The fourth-order valence-corrected chi connectivity index (χ4v) is 2.04. The van der Waals surface area contributed by atoms with Crippen molar-refractivity contribution in [2.24, 2.45) is 0 Å². The molecule has 0 heterocycles. The van der Waals surface area contributed by atoms with Gasteiger partial charge in [0.1, 0.15) is 11.6 Å². The Morgan fingerprint density at radius 2 is 1.88 bits per heavy atom. The molecule has 0 saturated heterocycles. The first-order valence-corrected chi connectivity index (χ1v) is 7.57. The summed E-state index contributed by atoms with van der Waals surface area (Å²) in [7, 11) is 0. The molecule has 7 heteroatoms. The molecule has 0 aliphatic rings. The van der Waals surface area contributed by atoms with Crippen LogP contribution in [0.3, 0.4) is 0 Å². The van der Waals surface area contributed by atoms with Crippen LogP contribution in [-0.4, -0.2) is 17.9 Å². The van der Waals surface area contributed by atoms with Crippen molar-refractivity contribution >= 4 is 23.4 Å². The van der Waals surface area contributed by atoms with Crippen LogP contribution < -0.4 is 15.6 Å². The Morgan fingerprint density at radius 1 is 1.17 bits per heavy atom. The summed E-state index contributed by atoms with van der Waals surface area (Å²) >= 11 is 5.84. The van der Waals surface area contributed by atoms with E-state index in [-0.39, 0.29) is 12.2 Å². The molecule has 0 saturated carbocycles. The second kappa shape index (κ2) is 8.31. The van der Waals surface area contributed by atoms with E-state index in [0.717, 1.165) is 0 Å². The van der Waals surface area contributed by atoms with Gasteiger partial charge in [0.25, 0.3) is 5.91 Å². The number of hydrazine groups is 1. The van der Waals surface area contributed by atoms with E-state index in [9.17, 15) is 14.0 Å². The third-order valence-electron chi connectivity index (χ3n) is 3.08. The monoisotopic (exact) mass is 350 g/mol. The zero-order chi connectivity index (χ0) is 17.5. The minimum atomic E-state index is -0.824. The summed E-state index contributed by atoms with van der Waals surface area (Å²) in [5, 5.41) is 0.493. The van der Waals surface area contributed by atoms with Crippen molar-refractivity contribution in [1.29, 1.82) is 0 Å². The average molecular weight is 351 g/mol. The normalized spacial score (nSPS) is 11.5. The molecular formula is C17H16ClFN2O3. The molecule has 2 aromatic carbocycles. The molecule has 0 aliphatic heterocycles. The third-order valence-corrected chi connectivity index (χ3v) is 3.32. The average Bonchev–Trinajstić information content (AvgIpc) is 2.54. The van der Waals surface area contributed by atoms with Crippen molar-refractivity contribution in [1.82, 2.24) is 10.9 Å². The molecule has 0 bridgehead atoms. The van der Waals surface area contributed by atoms with Gasteiger partial charge < -0.3 is 4.74 Å². The number of halogens is 2. The second-order valence-corrected chi connectivity index (χ2v) is 5.49. The topological polar surface area (TPSA) is 67.4 Å². The van der Waals surface area contributed by atoms with Gasteiger partial charge in [-0.05, 0) is 42.8 Å². The smallest absolute Gasteiger partial charge is 0.279 e. The molecule has 0 radical (unpaired) electrons. The van der Waals surface area contributed by atoms with E-state index in [1.807, 2.05) is 0 Å². The molecule has 0 fully saturated rings. The number of nitrogens with one attached hydrogen (secondary N) is 2. The summed E-state index contributed by atoms with van der Waals surface area (Å²) in [5.41, 5.74) is 5.19. The standard InChI is InChI=1S/C17H16ClFN2O3/c1-11(24-15-4-2-3-13(18)10-15)17(23)21-20-16(22)9-12-5-7-14(19)8-6-12/h2-8,10-11H,9H2,1H3,(H,20,22)(H,21,23). The van der Waals surface area contributed by atoms with E-state index in [1.165, 1.54) is 24.3 Å². The maximum atomic E-state index is 12.8. The summed E-state index contributed by atoms with van der Waals surface area (Å²) in [4.78, 5) is 23.7. The number of benzene rings is 2. The molecule has 2 rings (SSSR count). The lowest BCUT2D eigenvalue weighted by Gasteiger charge is -2.15. The Hall–Kier alpha value is -2.60. The fraction of sp³-hybridized carbons (Fsp3) is 0.176. The van der Waals surface area contributed by atoms with E-state index in [2.05, 4.69) is 10.9 Å². The molecule has 2 aromatic rings. The first kappa shape index (κ1) is 17.7. The summed E-state index contributed by atoms with van der Waals surface area (Å²) in [6, 6.07) is 12.2. The summed E-state index contributed by atoms with van der Waals surface area (Å²) in [6.45, 7) is 1.54. The molecule has 0 aromatic heterocycles.